The van der Waals surface area contributed by atoms with Crippen LogP contribution < -0.4 is 5.73 Å². The molecule has 0 spiro atoms. The molecule has 5 heteroatoms. The van der Waals surface area contributed by atoms with Crippen molar-refractivity contribution in [2.75, 3.05) is 59.4 Å². The van der Waals surface area contributed by atoms with Crippen molar-refractivity contribution in [1.29, 1.82) is 0 Å². The predicted octanol–water partition coefficient (Wildman–Crippen LogP) is 1.20. The standard InChI is InChI=1S/C13H28N2O2S/c1-16-10-11-17-9-3-6-15-7-4-13(12-14,18-2)5-8-15/h3-12,14H2,1-2H3. The van der Waals surface area contributed by atoms with Crippen molar-refractivity contribution < 1.29 is 9.47 Å². The highest BCUT2D eigenvalue weighted by Crippen LogP contribution is 2.33. The second kappa shape index (κ2) is 9.15. The van der Waals surface area contributed by atoms with Crippen molar-refractivity contribution in [2.45, 2.75) is 24.0 Å². The molecule has 0 unspecified atom stereocenters. The molecule has 1 aliphatic heterocycles. The maximum atomic E-state index is 5.89. The van der Waals surface area contributed by atoms with E-state index >= 15 is 0 Å². The van der Waals surface area contributed by atoms with Crippen LogP contribution in [0.4, 0.5) is 0 Å². The first kappa shape index (κ1) is 16.2. The minimum absolute atomic E-state index is 0.339. The lowest BCUT2D eigenvalue weighted by Gasteiger charge is -2.40. The summed E-state index contributed by atoms with van der Waals surface area (Å²) in [6.07, 6.45) is 5.73. The summed E-state index contributed by atoms with van der Waals surface area (Å²) < 4.78 is 10.7. The number of hydrogen-bond donors (Lipinski definition) is 1. The fraction of sp³-hybridized carbons (Fsp3) is 1.00. The Kier molecular flexibility index (Phi) is 8.26. The molecular formula is C13H28N2O2S. The molecule has 4 nitrogen and oxygen atoms in total. The van der Waals surface area contributed by atoms with E-state index in [1.807, 2.05) is 11.8 Å². The number of rotatable bonds is 9. The highest BCUT2D eigenvalue weighted by atomic mass is 32.2. The Morgan fingerprint density at radius 3 is 2.50 bits per heavy atom. The van der Waals surface area contributed by atoms with Gasteiger partial charge >= 0.3 is 0 Å². The Balaban J connectivity index is 2.05. The zero-order chi connectivity index (χ0) is 13.3. The molecule has 1 rings (SSSR count). The predicted molar refractivity (Wildman–Crippen MR) is 78.3 cm³/mol. The lowest BCUT2D eigenvalue weighted by Crippen LogP contribution is -2.46. The first-order chi connectivity index (χ1) is 8.76. The summed E-state index contributed by atoms with van der Waals surface area (Å²) in [5, 5.41) is 0. The molecule has 1 aliphatic rings. The van der Waals surface area contributed by atoms with E-state index in [1.54, 1.807) is 7.11 Å². The van der Waals surface area contributed by atoms with Crippen LogP contribution in [0.25, 0.3) is 0 Å². The van der Waals surface area contributed by atoms with E-state index < -0.39 is 0 Å². The van der Waals surface area contributed by atoms with Gasteiger partial charge in [0.15, 0.2) is 0 Å². The summed E-state index contributed by atoms with van der Waals surface area (Å²) in [4.78, 5) is 2.53. The Labute approximate surface area is 116 Å². The number of nitrogens with two attached hydrogens (primary N) is 1. The number of thioether (sulfide) groups is 1. The topological polar surface area (TPSA) is 47.7 Å². The number of hydrogen-bond acceptors (Lipinski definition) is 5. The van der Waals surface area contributed by atoms with E-state index in [-0.39, 0.29) is 0 Å². The SMILES string of the molecule is COCCOCCCN1CCC(CN)(SC)CC1. The second-order valence-corrected chi connectivity index (χ2v) is 6.17. The Morgan fingerprint density at radius 1 is 1.22 bits per heavy atom. The number of likely N-dealkylation sites (tertiary alicyclic amines) is 1. The third kappa shape index (κ3) is 5.45. The van der Waals surface area contributed by atoms with Gasteiger partial charge in [0, 0.05) is 31.6 Å². The lowest BCUT2D eigenvalue weighted by molar-refractivity contribution is 0.0636. The van der Waals surface area contributed by atoms with Gasteiger partial charge in [0.2, 0.25) is 0 Å². The highest BCUT2D eigenvalue weighted by molar-refractivity contribution is 8.00. The van der Waals surface area contributed by atoms with Gasteiger partial charge in [-0.15, -0.1) is 0 Å². The Bertz CT molecular complexity index is 203. The molecule has 0 saturated carbocycles. The summed E-state index contributed by atoms with van der Waals surface area (Å²) in [5.41, 5.74) is 5.89. The summed E-state index contributed by atoms with van der Waals surface area (Å²) >= 11 is 1.94. The van der Waals surface area contributed by atoms with E-state index in [4.69, 9.17) is 15.2 Å². The first-order valence-corrected chi connectivity index (χ1v) is 8.03. The van der Waals surface area contributed by atoms with Crippen LogP contribution in [0.15, 0.2) is 0 Å². The van der Waals surface area contributed by atoms with Gasteiger partial charge in [-0.1, -0.05) is 0 Å². The highest BCUT2D eigenvalue weighted by Gasteiger charge is 2.32. The summed E-state index contributed by atoms with van der Waals surface area (Å²) in [5.74, 6) is 0. The van der Waals surface area contributed by atoms with Crippen molar-refractivity contribution >= 4 is 11.8 Å². The smallest absolute Gasteiger partial charge is 0.0700 e. The zero-order valence-corrected chi connectivity index (χ0v) is 12.6. The largest absolute Gasteiger partial charge is 0.382 e. The van der Waals surface area contributed by atoms with Gasteiger partial charge in [-0.25, -0.2) is 0 Å². The average Bonchev–Trinajstić information content (AvgIpc) is 2.43. The van der Waals surface area contributed by atoms with E-state index in [9.17, 15) is 0 Å². The minimum atomic E-state index is 0.339. The van der Waals surface area contributed by atoms with Crippen LogP contribution in [-0.2, 0) is 9.47 Å². The first-order valence-electron chi connectivity index (χ1n) is 6.80. The Morgan fingerprint density at radius 2 is 1.94 bits per heavy atom. The van der Waals surface area contributed by atoms with Crippen molar-refractivity contribution in [1.82, 2.24) is 4.90 Å². The molecule has 0 aromatic heterocycles. The third-order valence-corrected chi connectivity index (χ3v) is 5.21. The summed E-state index contributed by atoms with van der Waals surface area (Å²) in [6, 6.07) is 0. The summed E-state index contributed by atoms with van der Waals surface area (Å²) in [7, 11) is 1.70. The number of methoxy groups -OCH3 is 1. The minimum Gasteiger partial charge on any atom is -0.382 e. The van der Waals surface area contributed by atoms with Gasteiger partial charge in [0.25, 0.3) is 0 Å². The molecule has 1 saturated heterocycles. The third-order valence-electron chi connectivity index (χ3n) is 3.77. The number of nitrogens with zero attached hydrogens (tertiary/aromatic N) is 1. The molecule has 0 atom stereocenters. The van der Waals surface area contributed by atoms with Gasteiger partial charge in [-0.05, 0) is 38.6 Å². The van der Waals surface area contributed by atoms with E-state index in [2.05, 4.69) is 11.2 Å². The van der Waals surface area contributed by atoms with Crippen molar-refractivity contribution in [2.24, 2.45) is 5.73 Å². The molecule has 2 N–H and O–H groups in total. The van der Waals surface area contributed by atoms with Crippen LogP contribution in [0.5, 0.6) is 0 Å². The molecule has 0 bridgehead atoms. The van der Waals surface area contributed by atoms with Crippen LogP contribution in [0.2, 0.25) is 0 Å². The zero-order valence-electron chi connectivity index (χ0n) is 11.8. The van der Waals surface area contributed by atoms with E-state index in [0.717, 1.165) is 26.1 Å². The van der Waals surface area contributed by atoms with Gasteiger partial charge in [-0.2, -0.15) is 11.8 Å². The van der Waals surface area contributed by atoms with Gasteiger partial charge in [0.05, 0.1) is 13.2 Å². The molecule has 0 amide bonds. The molecule has 18 heavy (non-hydrogen) atoms. The van der Waals surface area contributed by atoms with E-state index in [1.165, 1.54) is 25.9 Å². The van der Waals surface area contributed by atoms with Crippen LogP contribution in [-0.4, -0.2) is 69.0 Å². The van der Waals surface area contributed by atoms with Crippen LogP contribution in [0.3, 0.4) is 0 Å². The van der Waals surface area contributed by atoms with Crippen LogP contribution in [0.1, 0.15) is 19.3 Å². The monoisotopic (exact) mass is 276 g/mol. The van der Waals surface area contributed by atoms with E-state index in [0.29, 0.717) is 18.0 Å². The van der Waals surface area contributed by atoms with Gasteiger partial charge in [-0.3, -0.25) is 0 Å². The van der Waals surface area contributed by atoms with Crippen LogP contribution in [0, 0.1) is 0 Å². The molecule has 1 heterocycles. The Hall–Kier alpha value is 0.190. The number of ether oxygens (including phenoxy) is 2. The molecular weight excluding hydrogens is 248 g/mol. The number of piperidine rings is 1. The fourth-order valence-electron chi connectivity index (χ4n) is 2.31. The maximum absolute atomic E-state index is 5.89. The molecule has 1 fully saturated rings. The van der Waals surface area contributed by atoms with Crippen molar-refractivity contribution in [3.63, 3.8) is 0 Å². The van der Waals surface area contributed by atoms with Crippen LogP contribution >= 0.6 is 11.8 Å². The molecule has 0 aromatic rings. The molecule has 0 aliphatic carbocycles. The van der Waals surface area contributed by atoms with Gasteiger partial charge in [0.1, 0.15) is 0 Å². The van der Waals surface area contributed by atoms with Crippen molar-refractivity contribution in [3.8, 4) is 0 Å². The maximum Gasteiger partial charge on any atom is 0.0700 e. The normalized spacial score (nSPS) is 20.2. The fourth-order valence-corrected chi connectivity index (χ4v) is 3.07. The summed E-state index contributed by atoms with van der Waals surface area (Å²) in [6.45, 7) is 6.54. The average molecular weight is 276 g/mol. The second-order valence-electron chi connectivity index (χ2n) is 4.89. The molecule has 0 aromatic carbocycles. The molecule has 108 valence electrons. The van der Waals surface area contributed by atoms with Gasteiger partial charge < -0.3 is 20.1 Å². The molecule has 0 radical (unpaired) electrons. The lowest BCUT2D eigenvalue weighted by atomic mass is 9.96. The van der Waals surface area contributed by atoms with Crippen molar-refractivity contribution in [3.05, 3.63) is 0 Å². The quantitative estimate of drug-likeness (QED) is 0.641.